The van der Waals surface area contributed by atoms with Gasteiger partial charge in [0.2, 0.25) is 5.91 Å². The monoisotopic (exact) mass is 750 g/mol. The summed E-state index contributed by atoms with van der Waals surface area (Å²) in [4.78, 5) is 63.9. The maximum Gasteiger partial charge on any atom is 0.407 e. The summed E-state index contributed by atoms with van der Waals surface area (Å²) in [6.07, 6.45) is 6.62. The number of allylic oxidation sites excluding steroid dienone is 3. The Bertz CT molecular complexity index is 1380. The highest BCUT2D eigenvalue weighted by molar-refractivity contribution is 5.86. The fraction of sp³-hybridized carbons (Fsp3) is 0.711. The lowest BCUT2D eigenvalue weighted by Crippen LogP contribution is -2.64. The minimum Gasteiger partial charge on any atom is -0.481 e. The Morgan fingerprint density at radius 1 is 1.06 bits per heavy atom. The number of aliphatic carboxylic acids is 1. The number of rotatable bonds is 21. The van der Waals surface area contributed by atoms with E-state index in [1.807, 2.05) is 26.8 Å². The predicted molar refractivity (Wildman–Crippen MR) is 191 cm³/mol. The Morgan fingerprint density at radius 2 is 1.79 bits per heavy atom. The molecular formula is C38H58N2O13. The van der Waals surface area contributed by atoms with E-state index in [0.717, 1.165) is 5.57 Å². The number of epoxide rings is 1. The molecule has 0 aromatic carbocycles. The van der Waals surface area contributed by atoms with Gasteiger partial charge < -0.3 is 49.6 Å². The van der Waals surface area contributed by atoms with Gasteiger partial charge in [-0.15, -0.1) is 0 Å². The molecule has 2 aliphatic heterocycles. The van der Waals surface area contributed by atoms with Crippen LogP contribution in [0.15, 0.2) is 36.0 Å². The van der Waals surface area contributed by atoms with Gasteiger partial charge in [0.15, 0.2) is 6.29 Å². The quantitative estimate of drug-likeness (QED) is 0.0284. The second kappa shape index (κ2) is 20.0. The first-order chi connectivity index (χ1) is 25.1. The lowest BCUT2D eigenvalue weighted by Gasteiger charge is -2.57. The van der Waals surface area contributed by atoms with Crippen LogP contribution in [0.1, 0.15) is 92.9 Å². The third-order valence-corrected chi connectivity index (χ3v) is 10.4. The van der Waals surface area contributed by atoms with E-state index in [0.29, 0.717) is 32.1 Å². The first-order valence-electron chi connectivity index (χ1n) is 18.5. The molecule has 2 amide bonds. The van der Waals surface area contributed by atoms with Crippen LogP contribution in [0.5, 0.6) is 0 Å². The third-order valence-electron chi connectivity index (χ3n) is 10.4. The van der Waals surface area contributed by atoms with E-state index < -0.39 is 102 Å². The molecular weight excluding hydrogens is 692 g/mol. The van der Waals surface area contributed by atoms with Crippen LogP contribution in [0.4, 0.5) is 4.79 Å². The predicted octanol–water partition coefficient (Wildman–Crippen LogP) is 3.46. The van der Waals surface area contributed by atoms with Crippen LogP contribution in [-0.4, -0.2) is 108 Å². The molecule has 15 heteroatoms. The molecule has 0 aromatic rings. The summed E-state index contributed by atoms with van der Waals surface area (Å²) in [7, 11) is 0. The Hall–Kier alpha value is -3.79. The molecule has 10 atom stereocenters. The van der Waals surface area contributed by atoms with Gasteiger partial charge in [0.25, 0.3) is 0 Å². The van der Waals surface area contributed by atoms with Crippen molar-refractivity contribution in [3.05, 3.63) is 36.0 Å². The number of amides is 2. The molecule has 2 heterocycles. The largest absolute Gasteiger partial charge is 0.481 e. The number of aliphatic hydroxyl groups excluding tert-OH is 2. The van der Waals surface area contributed by atoms with Crippen LogP contribution in [0.25, 0.3) is 0 Å². The molecule has 15 nitrogen and oxygen atoms in total. The van der Waals surface area contributed by atoms with Crippen molar-refractivity contribution in [2.75, 3.05) is 19.8 Å². The maximum absolute atomic E-state index is 14.0. The molecule has 0 saturated carbocycles. The smallest absolute Gasteiger partial charge is 0.407 e. The molecule has 3 rings (SSSR count). The summed E-state index contributed by atoms with van der Waals surface area (Å²) >= 11 is 0. The van der Waals surface area contributed by atoms with E-state index in [-0.39, 0.29) is 26.2 Å². The highest BCUT2D eigenvalue weighted by atomic mass is 16.8. The number of aliphatic hydroxyl groups is 2. The molecule has 0 radical (unpaired) electrons. The Morgan fingerprint density at radius 3 is 2.43 bits per heavy atom. The summed E-state index contributed by atoms with van der Waals surface area (Å²) in [6.45, 7) is 10.5. The molecule has 0 bridgehead atoms. The second-order valence-corrected chi connectivity index (χ2v) is 14.5. The van der Waals surface area contributed by atoms with Gasteiger partial charge in [0, 0.05) is 29.9 Å². The Kier molecular flexibility index (Phi) is 16.5. The number of carboxylic acid groups (broad SMARTS) is 1. The fourth-order valence-corrected chi connectivity index (χ4v) is 7.36. The summed E-state index contributed by atoms with van der Waals surface area (Å²) < 4.78 is 29.6. The maximum atomic E-state index is 14.0. The summed E-state index contributed by atoms with van der Waals surface area (Å²) in [5, 5.41) is 33.5. The number of esters is 2. The van der Waals surface area contributed by atoms with Crippen LogP contribution < -0.4 is 10.6 Å². The van der Waals surface area contributed by atoms with E-state index in [9.17, 15) is 39.3 Å². The van der Waals surface area contributed by atoms with Crippen molar-refractivity contribution in [3.63, 3.8) is 0 Å². The number of nitrogens with one attached hydrogen (secondary N) is 2. The molecule has 0 aromatic heterocycles. The minimum absolute atomic E-state index is 0.0432. The SMILES string of the molecule is CCCC(OC(=O)/C=C\C=C\CC(C)O)C1(C)C2OC2OC2C=C(C)CC[C@@]21COC(=O)[C@@H](NC(=O)CC(CC(=O)O)NC(=O)OCC)C(C)CCO. The first-order valence-corrected chi connectivity index (χ1v) is 18.5. The normalized spacial score (nSPS) is 27.6. The number of alkyl carbamates (subject to hydrolysis) is 1. The Balaban J connectivity index is 1.89. The molecule has 0 spiro atoms. The van der Waals surface area contributed by atoms with Crippen molar-refractivity contribution in [2.24, 2.45) is 16.7 Å². The van der Waals surface area contributed by atoms with Crippen LogP contribution in [0.3, 0.4) is 0 Å². The van der Waals surface area contributed by atoms with E-state index in [2.05, 4.69) is 10.6 Å². The van der Waals surface area contributed by atoms with Crippen molar-refractivity contribution in [1.82, 2.24) is 10.6 Å². The van der Waals surface area contributed by atoms with Crippen molar-refractivity contribution >= 4 is 29.9 Å². The number of hydrogen-bond donors (Lipinski definition) is 5. The molecule has 2 fully saturated rings. The first kappa shape index (κ1) is 43.6. The van der Waals surface area contributed by atoms with Crippen LogP contribution >= 0.6 is 0 Å². The van der Waals surface area contributed by atoms with E-state index in [1.54, 1.807) is 39.0 Å². The van der Waals surface area contributed by atoms with Gasteiger partial charge in [-0.25, -0.2) is 14.4 Å². The van der Waals surface area contributed by atoms with E-state index in [1.165, 1.54) is 6.08 Å². The molecule has 53 heavy (non-hydrogen) atoms. The lowest BCUT2D eigenvalue weighted by molar-refractivity contribution is -0.215. The zero-order valence-electron chi connectivity index (χ0n) is 31.7. The average Bonchev–Trinajstić information content (AvgIpc) is 3.86. The number of ether oxygens (including phenoxy) is 5. The minimum atomic E-state index is -1.25. The number of hydrogen-bond acceptors (Lipinski definition) is 12. The van der Waals surface area contributed by atoms with Gasteiger partial charge in [0.05, 0.1) is 31.3 Å². The standard InChI is InChI=1S/C38H58N2O13/c1-7-12-27(51-31(46)14-11-9-10-13-25(5)42)37(6)33-35(53-33)52-28-19-23(3)15-17-38(28,37)22-50-34(47)32(24(4)16-18-41)40-29(43)20-26(21-30(44)45)39-36(48)49-8-2/h9-11,14,19,24-28,32-33,35,41-42H,7-8,12-13,15-18,20-22H2,1-6H3,(H,39,48)(H,40,43)(H,44,45)/b10-9+,14-11-/t24?,25?,26?,27?,28?,32-,33?,35?,37?,38+/m0/s1. The average molecular weight is 751 g/mol. The number of carboxylic acids is 1. The van der Waals surface area contributed by atoms with Gasteiger partial charge in [-0.2, -0.15) is 0 Å². The summed E-state index contributed by atoms with van der Waals surface area (Å²) in [6, 6.07) is -2.34. The van der Waals surface area contributed by atoms with Gasteiger partial charge in [-0.05, 0) is 58.8 Å². The number of carbonyl (C=O) groups excluding carboxylic acids is 4. The molecule has 8 unspecified atom stereocenters. The van der Waals surface area contributed by atoms with Gasteiger partial charge >= 0.3 is 24.0 Å². The molecule has 5 N–H and O–H groups in total. The van der Waals surface area contributed by atoms with Crippen LogP contribution in [-0.2, 0) is 42.9 Å². The second-order valence-electron chi connectivity index (χ2n) is 14.5. The molecule has 1 aliphatic carbocycles. The van der Waals surface area contributed by atoms with E-state index >= 15 is 0 Å². The van der Waals surface area contributed by atoms with Gasteiger partial charge in [-0.3, -0.25) is 9.59 Å². The molecule has 2 saturated heterocycles. The van der Waals surface area contributed by atoms with Gasteiger partial charge in [-0.1, -0.05) is 57.1 Å². The summed E-state index contributed by atoms with van der Waals surface area (Å²) in [5.74, 6) is -3.88. The van der Waals surface area contributed by atoms with Gasteiger partial charge in [0.1, 0.15) is 24.9 Å². The number of fused-ring (bicyclic) bond motifs is 2. The van der Waals surface area contributed by atoms with Crippen molar-refractivity contribution in [1.29, 1.82) is 0 Å². The molecule has 298 valence electrons. The lowest BCUT2D eigenvalue weighted by atomic mass is 9.52. The molecule has 3 aliphatic rings. The fourth-order valence-electron chi connectivity index (χ4n) is 7.36. The van der Waals surface area contributed by atoms with Crippen molar-refractivity contribution in [2.45, 2.75) is 136 Å². The van der Waals surface area contributed by atoms with Crippen LogP contribution in [0.2, 0.25) is 0 Å². The highest BCUT2D eigenvalue weighted by Crippen LogP contribution is 2.64. The third kappa shape index (κ3) is 11.6. The number of carbonyl (C=O) groups is 5. The van der Waals surface area contributed by atoms with E-state index in [4.69, 9.17) is 23.7 Å². The van der Waals surface area contributed by atoms with Crippen molar-refractivity contribution in [3.8, 4) is 0 Å². The highest BCUT2D eigenvalue weighted by Gasteiger charge is 2.73. The van der Waals surface area contributed by atoms with Crippen LogP contribution in [0, 0.1) is 16.7 Å². The van der Waals surface area contributed by atoms with Crippen molar-refractivity contribution < 1.29 is 63.0 Å². The zero-order valence-corrected chi connectivity index (χ0v) is 31.7. The topological polar surface area (TPSA) is 220 Å². The summed E-state index contributed by atoms with van der Waals surface area (Å²) in [5.41, 5.74) is -0.701. The zero-order chi connectivity index (χ0) is 39.3. The Labute approximate surface area is 311 Å².